The number of carbonyl (C=O) groups is 1. The minimum absolute atomic E-state index is 0.00352. The summed E-state index contributed by atoms with van der Waals surface area (Å²) >= 11 is 0. The Morgan fingerprint density at radius 3 is 2.22 bits per heavy atom. The highest BCUT2D eigenvalue weighted by atomic mass is 32.2. The predicted octanol–water partition coefficient (Wildman–Crippen LogP) is 1.52. The Morgan fingerprint density at radius 1 is 0.963 bits per heavy atom. The molecule has 9 heteroatoms. The molecule has 8 nitrogen and oxygen atoms in total. The molecule has 2 N–H and O–H groups in total. The number of hydrogen-bond donors (Lipinski definition) is 1. The third-order valence-electron chi connectivity index (χ3n) is 3.56. The summed E-state index contributed by atoms with van der Waals surface area (Å²) in [5, 5.41) is 5.02. The zero-order valence-electron chi connectivity index (χ0n) is 15.0. The Hall–Kier alpha value is -2.78. The molecule has 0 aliphatic carbocycles. The fraction of sp³-hybridized carbons (Fsp3) is 0.278. The van der Waals surface area contributed by atoms with Gasteiger partial charge in [-0.15, -0.1) is 0 Å². The molecule has 0 spiro atoms. The van der Waals surface area contributed by atoms with Gasteiger partial charge in [-0.05, 0) is 42.0 Å². The number of methoxy groups -OCH3 is 2. The largest absolute Gasteiger partial charge is 0.493 e. The van der Waals surface area contributed by atoms with Gasteiger partial charge in [0.25, 0.3) is 0 Å². The minimum Gasteiger partial charge on any atom is -0.493 e. The molecular formula is C18H21NO7S. The summed E-state index contributed by atoms with van der Waals surface area (Å²) < 4.78 is 43.2. The maximum Gasteiger partial charge on any atom is 0.310 e. The van der Waals surface area contributed by atoms with Crippen molar-refractivity contribution < 1.29 is 32.2 Å². The van der Waals surface area contributed by atoms with Crippen molar-refractivity contribution in [1.82, 2.24) is 0 Å². The monoisotopic (exact) mass is 395 g/mol. The van der Waals surface area contributed by atoms with E-state index in [1.165, 1.54) is 38.5 Å². The fourth-order valence-corrected chi connectivity index (χ4v) is 2.76. The third-order valence-corrected chi connectivity index (χ3v) is 4.49. The second-order valence-electron chi connectivity index (χ2n) is 5.45. The smallest absolute Gasteiger partial charge is 0.310 e. The molecule has 2 rings (SSSR count). The topological polar surface area (TPSA) is 114 Å². The van der Waals surface area contributed by atoms with E-state index in [2.05, 4.69) is 0 Å². The van der Waals surface area contributed by atoms with Crippen LogP contribution in [0, 0.1) is 0 Å². The zero-order chi connectivity index (χ0) is 19.9. The molecule has 2 aromatic carbocycles. The van der Waals surface area contributed by atoms with E-state index in [0.29, 0.717) is 17.2 Å². The van der Waals surface area contributed by atoms with Gasteiger partial charge in [0.15, 0.2) is 11.5 Å². The number of primary sulfonamides is 1. The fourth-order valence-electron chi connectivity index (χ4n) is 2.25. The Labute approximate surface area is 157 Å². The average Bonchev–Trinajstić information content (AvgIpc) is 2.64. The number of nitrogens with two attached hydrogens (primary N) is 1. The van der Waals surface area contributed by atoms with Crippen LogP contribution in [-0.4, -0.2) is 41.8 Å². The molecule has 0 aliphatic rings. The maximum absolute atomic E-state index is 11.9. The van der Waals surface area contributed by atoms with Gasteiger partial charge in [-0.25, -0.2) is 13.6 Å². The van der Waals surface area contributed by atoms with Crippen molar-refractivity contribution in [3.63, 3.8) is 0 Å². The molecule has 2 aromatic rings. The van der Waals surface area contributed by atoms with Crippen molar-refractivity contribution in [1.29, 1.82) is 0 Å². The van der Waals surface area contributed by atoms with Gasteiger partial charge in [0.05, 0.1) is 25.5 Å². The first-order valence-electron chi connectivity index (χ1n) is 7.95. The Balaban J connectivity index is 1.78. The number of benzene rings is 2. The van der Waals surface area contributed by atoms with E-state index in [9.17, 15) is 13.2 Å². The van der Waals surface area contributed by atoms with Crippen molar-refractivity contribution >= 4 is 16.0 Å². The minimum atomic E-state index is -3.74. The van der Waals surface area contributed by atoms with E-state index < -0.39 is 16.0 Å². The van der Waals surface area contributed by atoms with Gasteiger partial charge in [-0.2, -0.15) is 0 Å². The molecule has 0 unspecified atom stereocenters. The first-order valence-corrected chi connectivity index (χ1v) is 9.50. The van der Waals surface area contributed by atoms with Crippen molar-refractivity contribution in [2.24, 2.45) is 5.14 Å². The average molecular weight is 395 g/mol. The van der Waals surface area contributed by atoms with Crippen molar-refractivity contribution in [3.8, 4) is 17.2 Å². The molecule has 146 valence electrons. The standard InChI is InChI=1S/C18H21NO7S/c1-23-16-8-3-13(11-17(16)24-2)12-18(20)26-10-9-25-14-4-6-15(7-5-14)27(19,21)22/h3-8,11H,9-10,12H2,1-2H3,(H2,19,21,22). The summed E-state index contributed by atoms with van der Waals surface area (Å²) in [5.41, 5.74) is 0.733. The highest BCUT2D eigenvalue weighted by molar-refractivity contribution is 7.89. The van der Waals surface area contributed by atoms with Crippen LogP contribution in [0.2, 0.25) is 0 Å². The molecule has 0 heterocycles. The molecule has 0 saturated heterocycles. The van der Waals surface area contributed by atoms with E-state index in [-0.39, 0.29) is 24.5 Å². The molecule has 27 heavy (non-hydrogen) atoms. The highest BCUT2D eigenvalue weighted by Crippen LogP contribution is 2.27. The SMILES string of the molecule is COc1ccc(CC(=O)OCCOc2ccc(S(N)(=O)=O)cc2)cc1OC. The van der Waals surface area contributed by atoms with Crippen LogP contribution in [0.3, 0.4) is 0 Å². The Morgan fingerprint density at radius 2 is 1.63 bits per heavy atom. The molecule has 0 bridgehead atoms. The first kappa shape index (κ1) is 20.5. The molecule has 0 radical (unpaired) electrons. The first-order chi connectivity index (χ1) is 12.8. The lowest BCUT2D eigenvalue weighted by atomic mass is 10.1. The second-order valence-corrected chi connectivity index (χ2v) is 7.01. The molecular weight excluding hydrogens is 374 g/mol. The molecule has 0 atom stereocenters. The normalized spacial score (nSPS) is 10.9. The van der Waals surface area contributed by atoms with Gasteiger partial charge >= 0.3 is 5.97 Å². The number of esters is 1. The van der Waals surface area contributed by atoms with Gasteiger partial charge in [-0.1, -0.05) is 6.07 Å². The second kappa shape index (κ2) is 9.24. The van der Waals surface area contributed by atoms with Crippen LogP contribution in [0.5, 0.6) is 17.2 Å². The van der Waals surface area contributed by atoms with Gasteiger partial charge in [0, 0.05) is 0 Å². The third kappa shape index (κ3) is 6.15. The van der Waals surface area contributed by atoms with Crippen LogP contribution in [0.15, 0.2) is 47.4 Å². The lowest BCUT2D eigenvalue weighted by Crippen LogP contribution is -2.14. The van der Waals surface area contributed by atoms with Crippen LogP contribution in [0.25, 0.3) is 0 Å². The summed E-state index contributed by atoms with van der Waals surface area (Å²) in [7, 11) is -0.680. The zero-order valence-corrected chi connectivity index (χ0v) is 15.8. The summed E-state index contributed by atoms with van der Waals surface area (Å²) in [6.07, 6.45) is 0.0867. The highest BCUT2D eigenvalue weighted by Gasteiger charge is 2.10. The van der Waals surface area contributed by atoms with Crippen LogP contribution in [0.1, 0.15) is 5.56 Å². The number of sulfonamides is 1. The van der Waals surface area contributed by atoms with E-state index in [1.54, 1.807) is 18.2 Å². The van der Waals surface area contributed by atoms with Crippen molar-refractivity contribution in [2.75, 3.05) is 27.4 Å². The lowest BCUT2D eigenvalue weighted by Gasteiger charge is -2.10. The molecule has 0 fully saturated rings. The number of ether oxygens (including phenoxy) is 4. The summed E-state index contributed by atoms with van der Waals surface area (Å²) in [4.78, 5) is 11.9. The van der Waals surface area contributed by atoms with Gasteiger partial charge in [0.1, 0.15) is 19.0 Å². The van der Waals surface area contributed by atoms with Gasteiger partial charge in [0.2, 0.25) is 10.0 Å². The van der Waals surface area contributed by atoms with Crippen LogP contribution >= 0.6 is 0 Å². The number of carbonyl (C=O) groups excluding carboxylic acids is 1. The van der Waals surface area contributed by atoms with E-state index in [4.69, 9.17) is 24.1 Å². The predicted molar refractivity (Wildman–Crippen MR) is 97.5 cm³/mol. The van der Waals surface area contributed by atoms with E-state index in [0.717, 1.165) is 5.56 Å². The molecule has 0 saturated carbocycles. The summed E-state index contributed by atoms with van der Waals surface area (Å²) in [6, 6.07) is 10.8. The Kier molecular flexibility index (Phi) is 7.03. The molecule has 0 amide bonds. The number of hydrogen-bond acceptors (Lipinski definition) is 7. The lowest BCUT2D eigenvalue weighted by molar-refractivity contribution is -0.143. The summed E-state index contributed by atoms with van der Waals surface area (Å²) in [5.74, 6) is 1.15. The summed E-state index contributed by atoms with van der Waals surface area (Å²) in [6.45, 7) is 0.190. The molecule has 0 aromatic heterocycles. The van der Waals surface area contributed by atoms with Crippen LogP contribution < -0.4 is 19.3 Å². The van der Waals surface area contributed by atoms with Gasteiger partial charge < -0.3 is 18.9 Å². The molecule has 0 aliphatic heterocycles. The van der Waals surface area contributed by atoms with Crippen LogP contribution in [-0.2, 0) is 26.0 Å². The van der Waals surface area contributed by atoms with E-state index >= 15 is 0 Å². The number of rotatable bonds is 9. The van der Waals surface area contributed by atoms with Crippen molar-refractivity contribution in [3.05, 3.63) is 48.0 Å². The Bertz CT molecular complexity index is 879. The van der Waals surface area contributed by atoms with E-state index in [1.807, 2.05) is 0 Å². The van der Waals surface area contributed by atoms with Gasteiger partial charge in [-0.3, -0.25) is 4.79 Å². The van der Waals surface area contributed by atoms with Crippen LogP contribution in [0.4, 0.5) is 0 Å². The maximum atomic E-state index is 11.9. The van der Waals surface area contributed by atoms with Crippen molar-refractivity contribution in [2.45, 2.75) is 11.3 Å². The quantitative estimate of drug-likeness (QED) is 0.506.